The van der Waals surface area contributed by atoms with Crippen molar-refractivity contribution in [1.29, 1.82) is 0 Å². The first-order valence-corrected chi connectivity index (χ1v) is 6.52. The van der Waals surface area contributed by atoms with Gasteiger partial charge in [0, 0.05) is 24.5 Å². The smallest absolute Gasteiger partial charge is 0.125 e. The zero-order valence-corrected chi connectivity index (χ0v) is 11.0. The first kappa shape index (κ1) is 12.0. The lowest BCUT2D eigenvalue weighted by Gasteiger charge is -2.20. The van der Waals surface area contributed by atoms with Crippen LogP contribution < -0.4 is 10.6 Å². The van der Waals surface area contributed by atoms with Gasteiger partial charge in [0.05, 0.1) is 0 Å². The number of hydrogen-bond donors (Lipinski definition) is 1. The molecule has 0 spiro atoms. The number of nitrogens with zero attached hydrogens (tertiary/aromatic N) is 1. The van der Waals surface area contributed by atoms with Crippen LogP contribution in [0.1, 0.15) is 16.7 Å². The third-order valence-electron chi connectivity index (χ3n) is 3.75. The van der Waals surface area contributed by atoms with Gasteiger partial charge in [-0.25, -0.2) is 4.39 Å². The molecule has 2 nitrogen and oxygen atoms in total. The molecule has 0 atom stereocenters. The Balaban J connectivity index is 1.86. The third-order valence-corrected chi connectivity index (χ3v) is 3.75. The van der Waals surface area contributed by atoms with Crippen molar-refractivity contribution < 1.29 is 4.39 Å². The van der Waals surface area contributed by atoms with E-state index in [0.717, 1.165) is 36.4 Å². The summed E-state index contributed by atoms with van der Waals surface area (Å²) in [6.45, 7) is 3.76. The van der Waals surface area contributed by atoms with E-state index in [4.69, 9.17) is 5.73 Å². The lowest BCUT2D eigenvalue weighted by Crippen LogP contribution is -2.19. The summed E-state index contributed by atoms with van der Waals surface area (Å²) in [7, 11) is 0. The highest BCUT2D eigenvalue weighted by Crippen LogP contribution is 2.30. The normalized spacial score (nSPS) is 13.7. The topological polar surface area (TPSA) is 29.3 Å². The summed E-state index contributed by atoms with van der Waals surface area (Å²) in [5.41, 5.74) is 11.2. The van der Waals surface area contributed by atoms with Crippen molar-refractivity contribution in [3.05, 3.63) is 58.9 Å². The number of anilines is 2. The fraction of sp³-hybridized carbons (Fsp3) is 0.250. The van der Waals surface area contributed by atoms with Crippen LogP contribution in [0.15, 0.2) is 36.4 Å². The lowest BCUT2D eigenvalue weighted by molar-refractivity contribution is 0.627. The Morgan fingerprint density at radius 3 is 2.84 bits per heavy atom. The largest absolute Gasteiger partial charge is 0.399 e. The summed E-state index contributed by atoms with van der Waals surface area (Å²) in [6.07, 6.45) is 0.990. The standard InChI is InChI=1S/C16H17FN2/c1-11-8-12(2-5-15(11)18)10-19-7-6-13-3-4-14(17)9-16(13)19/h2-5,8-9H,6-7,10,18H2,1H3. The molecular formula is C16H17FN2. The van der Waals surface area contributed by atoms with E-state index in [1.165, 1.54) is 17.2 Å². The highest BCUT2D eigenvalue weighted by molar-refractivity contribution is 5.59. The molecular weight excluding hydrogens is 239 g/mol. The molecule has 0 aliphatic carbocycles. The van der Waals surface area contributed by atoms with E-state index in [2.05, 4.69) is 11.0 Å². The molecule has 0 unspecified atom stereocenters. The molecule has 2 N–H and O–H groups in total. The van der Waals surface area contributed by atoms with Crippen molar-refractivity contribution >= 4 is 11.4 Å². The van der Waals surface area contributed by atoms with Gasteiger partial charge in [0.1, 0.15) is 5.82 Å². The molecule has 1 heterocycles. The monoisotopic (exact) mass is 256 g/mol. The molecule has 0 aromatic heterocycles. The lowest BCUT2D eigenvalue weighted by atomic mass is 10.1. The zero-order valence-electron chi connectivity index (χ0n) is 11.0. The predicted octanol–water partition coefficient (Wildman–Crippen LogP) is 3.28. The van der Waals surface area contributed by atoms with Gasteiger partial charge in [-0.2, -0.15) is 0 Å². The number of halogens is 1. The number of aryl methyl sites for hydroxylation is 1. The van der Waals surface area contributed by atoms with Crippen LogP contribution in [-0.4, -0.2) is 6.54 Å². The predicted molar refractivity (Wildman–Crippen MR) is 76.7 cm³/mol. The summed E-state index contributed by atoms with van der Waals surface area (Å²) in [5, 5.41) is 0. The van der Waals surface area contributed by atoms with Gasteiger partial charge in [0.2, 0.25) is 0 Å². The van der Waals surface area contributed by atoms with Crippen molar-refractivity contribution in [3.8, 4) is 0 Å². The van der Waals surface area contributed by atoms with E-state index in [-0.39, 0.29) is 5.82 Å². The highest BCUT2D eigenvalue weighted by Gasteiger charge is 2.19. The fourth-order valence-corrected chi connectivity index (χ4v) is 2.64. The van der Waals surface area contributed by atoms with E-state index < -0.39 is 0 Å². The Labute approximate surface area is 112 Å². The van der Waals surface area contributed by atoms with Crippen molar-refractivity contribution in [3.63, 3.8) is 0 Å². The maximum atomic E-state index is 13.3. The molecule has 19 heavy (non-hydrogen) atoms. The number of hydrogen-bond acceptors (Lipinski definition) is 2. The molecule has 98 valence electrons. The highest BCUT2D eigenvalue weighted by atomic mass is 19.1. The number of benzene rings is 2. The van der Waals surface area contributed by atoms with Gasteiger partial charge in [0.25, 0.3) is 0 Å². The van der Waals surface area contributed by atoms with Crippen molar-refractivity contribution in [2.75, 3.05) is 17.2 Å². The van der Waals surface area contributed by atoms with Gasteiger partial charge in [0.15, 0.2) is 0 Å². The maximum Gasteiger partial charge on any atom is 0.125 e. The van der Waals surface area contributed by atoms with Gasteiger partial charge in [-0.1, -0.05) is 18.2 Å². The average molecular weight is 256 g/mol. The second-order valence-corrected chi connectivity index (χ2v) is 5.14. The Bertz CT molecular complexity index is 622. The zero-order chi connectivity index (χ0) is 13.4. The van der Waals surface area contributed by atoms with Crippen LogP contribution in [0, 0.1) is 12.7 Å². The molecule has 0 saturated carbocycles. The number of rotatable bonds is 2. The van der Waals surface area contributed by atoms with E-state index in [9.17, 15) is 4.39 Å². The summed E-state index contributed by atoms with van der Waals surface area (Å²) in [5.74, 6) is -0.167. The Hall–Kier alpha value is -2.03. The van der Waals surface area contributed by atoms with Crippen LogP contribution in [0.25, 0.3) is 0 Å². The molecule has 0 fully saturated rings. The molecule has 1 aliphatic rings. The molecule has 1 aliphatic heterocycles. The quantitative estimate of drug-likeness (QED) is 0.835. The summed E-state index contributed by atoms with van der Waals surface area (Å²) >= 11 is 0. The van der Waals surface area contributed by atoms with Crippen LogP contribution in [0.2, 0.25) is 0 Å². The van der Waals surface area contributed by atoms with Crippen molar-refractivity contribution in [2.45, 2.75) is 19.9 Å². The van der Waals surface area contributed by atoms with E-state index >= 15 is 0 Å². The van der Waals surface area contributed by atoms with Gasteiger partial charge < -0.3 is 10.6 Å². The second kappa shape index (κ2) is 4.57. The van der Waals surface area contributed by atoms with Crippen molar-refractivity contribution in [2.24, 2.45) is 0 Å². The average Bonchev–Trinajstić information content (AvgIpc) is 2.77. The molecule has 3 rings (SSSR count). The molecule has 2 aromatic carbocycles. The van der Waals surface area contributed by atoms with E-state index in [1.54, 1.807) is 6.07 Å². The minimum Gasteiger partial charge on any atom is -0.399 e. The van der Waals surface area contributed by atoms with E-state index in [0.29, 0.717) is 0 Å². The third kappa shape index (κ3) is 2.28. The van der Waals surface area contributed by atoms with Crippen LogP contribution in [0.3, 0.4) is 0 Å². The minimum absolute atomic E-state index is 0.167. The Kier molecular flexibility index (Phi) is 2.90. The first-order chi connectivity index (χ1) is 9.13. The molecule has 2 aromatic rings. The van der Waals surface area contributed by atoms with Crippen LogP contribution in [-0.2, 0) is 13.0 Å². The van der Waals surface area contributed by atoms with Gasteiger partial charge in [-0.15, -0.1) is 0 Å². The van der Waals surface area contributed by atoms with Crippen LogP contribution in [0.4, 0.5) is 15.8 Å². The SMILES string of the molecule is Cc1cc(CN2CCc3ccc(F)cc32)ccc1N. The van der Waals surface area contributed by atoms with Gasteiger partial charge >= 0.3 is 0 Å². The van der Waals surface area contributed by atoms with Crippen LogP contribution in [0.5, 0.6) is 0 Å². The van der Waals surface area contributed by atoms with E-state index in [1.807, 2.05) is 25.1 Å². The maximum absolute atomic E-state index is 13.3. The summed E-state index contributed by atoms with van der Waals surface area (Å²) in [6, 6.07) is 11.1. The molecule has 0 bridgehead atoms. The molecule has 3 heteroatoms. The number of nitrogen functional groups attached to an aromatic ring is 1. The summed E-state index contributed by atoms with van der Waals surface area (Å²) in [4.78, 5) is 2.23. The van der Waals surface area contributed by atoms with Crippen LogP contribution >= 0.6 is 0 Å². The number of fused-ring (bicyclic) bond motifs is 1. The molecule has 0 radical (unpaired) electrons. The van der Waals surface area contributed by atoms with Gasteiger partial charge in [-0.3, -0.25) is 0 Å². The first-order valence-electron chi connectivity index (χ1n) is 6.52. The summed E-state index contributed by atoms with van der Waals surface area (Å²) < 4.78 is 13.3. The minimum atomic E-state index is -0.167. The Morgan fingerprint density at radius 2 is 2.05 bits per heavy atom. The fourth-order valence-electron chi connectivity index (χ4n) is 2.64. The molecule has 0 amide bonds. The Morgan fingerprint density at radius 1 is 1.21 bits per heavy atom. The van der Waals surface area contributed by atoms with Gasteiger partial charge in [-0.05, 0) is 48.2 Å². The van der Waals surface area contributed by atoms with Crippen molar-refractivity contribution in [1.82, 2.24) is 0 Å². The molecule has 0 saturated heterocycles. The number of nitrogens with two attached hydrogens (primary N) is 1. The second-order valence-electron chi connectivity index (χ2n) is 5.14.